The van der Waals surface area contributed by atoms with Crippen molar-refractivity contribution in [2.24, 2.45) is 29.0 Å². The molecule has 41 heavy (non-hydrogen) atoms. The van der Waals surface area contributed by atoms with Gasteiger partial charge in [-0.05, 0) is 50.9 Å². The number of nitrogens with one attached hydrogen (secondary N) is 1. The van der Waals surface area contributed by atoms with Crippen LogP contribution in [0.5, 0.6) is 0 Å². The SMILES string of the molecule is C[C@H](N)C(=O)[C@@]1(C(=O)O)C(C2CCCCC2)CCN1CC(=O)OC1CCCCC1.Cl.Cl.N=C(N)c1csc(CN)n1. The highest BCUT2D eigenvalue weighted by Crippen LogP contribution is 2.46. The second-order valence-corrected chi connectivity index (χ2v) is 11.9. The van der Waals surface area contributed by atoms with Gasteiger partial charge in [-0.2, -0.15) is 0 Å². The van der Waals surface area contributed by atoms with Crippen molar-refractivity contribution in [1.82, 2.24) is 9.88 Å². The number of aromatic nitrogens is 1. The number of carboxylic acids is 1. The maximum atomic E-state index is 13.2. The molecule has 4 rings (SSSR count). The molecule has 0 amide bonds. The van der Waals surface area contributed by atoms with Gasteiger partial charge >= 0.3 is 11.9 Å². The molecular formula is C27H46Cl2N6O5S. The molecular weight excluding hydrogens is 591 g/mol. The third kappa shape index (κ3) is 9.08. The predicted molar refractivity (Wildman–Crippen MR) is 164 cm³/mol. The zero-order valence-electron chi connectivity index (χ0n) is 23.7. The van der Waals surface area contributed by atoms with Gasteiger partial charge in [-0.1, -0.05) is 38.5 Å². The van der Waals surface area contributed by atoms with Crippen LogP contribution in [0.2, 0.25) is 0 Å². The van der Waals surface area contributed by atoms with E-state index in [4.69, 9.17) is 27.3 Å². The van der Waals surface area contributed by atoms with Crippen LogP contribution < -0.4 is 17.2 Å². The summed E-state index contributed by atoms with van der Waals surface area (Å²) in [6, 6.07) is -0.896. The Morgan fingerprint density at radius 3 is 2.17 bits per heavy atom. The Bertz CT molecular complexity index is 1020. The molecule has 234 valence electrons. The zero-order chi connectivity index (χ0) is 28.6. The lowest BCUT2D eigenvalue weighted by Crippen LogP contribution is -2.65. The van der Waals surface area contributed by atoms with Gasteiger partial charge in [-0.25, -0.2) is 9.78 Å². The average molecular weight is 638 g/mol. The van der Waals surface area contributed by atoms with Crippen LogP contribution in [0.15, 0.2) is 5.38 Å². The van der Waals surface area contributed by atoms with Crippen molar-refractivity contribution in [2.75, 3.05) is 13.1 Å². The highest BCUT2D eigenvalue weighted by molar-refractivity contribution is 7.09. The van der Waals surface area contributed by atoms with Gasteiger partial charge in [0.1, 0.15) is 22.6 Å². The summed E-state index contributed by atoms with van der Waals surface area (Å²) < 4.78 is 5.63. The lowest BCUT2D eigenvalue weighted by molar-refractivity contribution is -0.164. The van der Waals surface area contributed by atoms with Gasteiger partial charge in [0.2, 0.25) is 0 Å². The number of carbonyl (C=O) groups is 3. The Balaban J connectivity index is 0.000000596. The van der Waals surface area contributed by atoms with Gasteiger partial charge in [0, 0.05) is 18.5 Å². The largest absolute Gasteiger partial charge is 0.480 e. The molecule has 0 bridgehead atoms. The number of nitrogens with two attached hydrogens (primary N) is 3. The molecule has 2 saturated carbocycles. The molecule has 1 aromatic rings. The molecule has 1 unspecified atom stereocenters. The molecule has 11 nitrogen and oxygen atoms in total. The Morgan fingerprint density at radius 2 is 1.71 bits per heavy atom. The second kappa shape index (κ2) is 17.3. The van der Waals surface area contributed by atoms with Crippen molar-refractivity contribution in [3.63, 3.8) is 0 Å². The number of hydrogen-bond acceptors (Lipinski definition) is 10. The first-order valence-corrected chi connectivity index (χ1v) is 15.0. The Hall–Kier alpha value is -1.83. The number of ether oxygens (including phenoxy) is 1. The first kappa shape index (κ1) is 37.2. The number of nitrogen functional groups attached to an aromatic ring is 1. The third-order valence-corrected chi connectivity index (χ3v) is 9.12. The lowest BCUT2D eigenvalue weighted by Gasteiger charge is -2.42. The third-order valence-electron chi connectivity index (χ3n) is 8.25. The molecule has 2 heterocycles. The molecule has 3 atom stereocenters. The minimum atomic E-state index is -1.72. The number of ketones is 1. The number of amidine groups is 1. The minimum absolute atomic E-state index is 0. The Morgan fingerprint density at radius 1 is 1.12 bits per heavy atom. The first-order valence-electron chi connectivity index (χ1n) is 14.1. The van der Waals surface area contributed by atoms with Gasteiger partial charge < -0.3 is 27.0 Å². The van der Waals surface area contributed by atoms with E-state index in [-0.39, 0.29) is 55.1 Å². The first-order chi connectivity index (χ1) is 18.6. The monoisotopic (exact) mass is 636 g/mol. The van der Waals surface area contributed by atoms with E-state index in [9.17, 15) is 19.5 Å². The number of carbonyl (C=O) groups excluding carboxylic acids is 2. The highest BCUT2D eigenvalue weighted by atomic mass is 35.5. The molecule has 0 spiro atoms. The van der Waals surface area contributed by atoms with Crippen LogP contribution in [0.3, 0.4) is 0 Å². The van der Waals surface area contributed by atoms with E-state index < -0.39 is 29.3 Å². The average Bonchev–Trinajstić information content (AvgIpc) is 3.55. The van der Waals surface area contributed by atoms with E-state index in [0.29, 0.717) is 25.2 Å². The van der Waals surface area contributed by atoms with Crippen LogP contribution in [0.1, 0.15) is 88.3 Å². The fourth-order valence-corrected chi connectivity index (χ4v) is 7.08. The summed E-state index contributed by atoms with van der Waals surface area (Å²) >= 11 is 1.42. The molecule has 8 N–H and O–H groups in total. The number of nitrogens with zero attached hydrogens (tertiary/aromatic N) is 2. The summed E-state index contributed by atoms with van der Waals surface area (Å²) in [6.07, 6.45) is 10.7. The summed E-state index contributed by atoms with van der Waals surface area (Å²) in [6.45, 7) is 2.20. The highest BCUT2D eigenvalue weighted by Gasteiger charge is 2.62. The van der Waals surface area contributed by atoms with Gasteiger partial charge in [0.05, 0.1) is 12.6 Å². The van der Waals surface area contributed by atoms with Crippen LogP contribution in [-0.4, -0.2) is 69.3 Å². The molecule has 3 fully saturated rings. The number of aliphatic carboxylic acids is 1. The lowest BCUT2D eigenvalue weighted by atomic mass is 9.68. The number of halogens is 2. The van der Waals surface area contributed by atoms with E-state index in [1.54, 1.807) is 17.2 Å². The van der Waals surface area contributed by atoms with E-state index in [2.05, 4.69) is 4.98 Å². The number of thiazole rings is 1. The summed E-state index contributed by atoms with van der Waals surface area (Å²) in [5.41, 5.74) is 15.2. The molecule has 1 saturated heterocycles. The number of carboxylic acid groups (broad SMARTS) is 1. The molecule has 3 aliphatic rings. The summed E-state index contributed by atoms with van der Waals surface area (Å²) in [4.78, 5) is 44.1. The summed E-state index contributed by atoms with van der Waals surface area (Å²) in [5.74, 6) is -2.20. The van der Waals surface area contributed by atoms with Gasteiger partial charge in [-0.15, -0.1) is 36.2 Å². The zero-order valence-corrected chi connectivity index (χ0v) is 26.2. The quantitative estimate of drug-likeness (QED) is 0.116. The summed E-state index contributed by atoms with van der Waals surface area (Å²) in [7, 11) is 0. The van der Waals surface area contributed by atoms with Crippen molar-refractivity contribution in [1.29, 1.82) is 5.41 Å². The number of esters is 1. The van der Waals surface area contributed by atoms with Crippen molar-refractivity contribution < 1.29 is 24.2 Å². The fraction of sp³-hybridized carbons (Fsp3) is 0.741. The van der Waals surface area contributed by atoms with Crippen LogP contribution in [0.4, 0.5) is 0 Å². The van der Waals surface area contributed by atoms with Gasteiger partial charge in [-0.3, -0.25) is 19.9 Å². The normalized spacial score (nSPS) is 24.1. The molecule has 1 aliphatic heterocycles. The van der Waals surface area contributed by atoms with E-state index in [1.807, 2.05) is 0 Å². The fourth-order valence-electron chi connectivity index (χ4n) is 6.41. The number of rotatable bonds is 9. The number of likely N-dealkylation sites (tertiary alicyclic amines) is 1. The van der Waals surface area contributed by atoms with E-state index in [0.717, 1.165) is 69.2 Å². The number of Topliss-reactive ketones (excluding diaryl/α,β-unsaturated/α-hetero) is 1. The molecule has 1 aromatic heterocycles. The van der Waals surface area contributed by atoms with E-state index >= 15 is 0 Å². The topological polar surface area (TPSA) is 199 Å². The smallest absolute Gasteiger partial charge is 0.332 e. The van der Waals surface area contributed by atoms with Crippen LogP contribution in [0, 0.1) is 17.2 Å². The molecule has 0 radical (unpaired) electrons. The maximum absolute atomic E-state index is 13.2. The molecule has 2 aliphatic carbocycles. The van der Waals surface area contributed by atoms with Crippen molar-refractivity contribution in [2.45, 2.75) is 102 Å². The van der Waals surface area contributed by atoms with Crippen LogP contribution in [0.25, 0.3) is 0 Å². The van der Waals surface area contributed by atoms with Gasteiger partial charge in [0.25, 0.3) is 0 Å². The van der Waals surface area contributed by atoms with Crippen LogP contribution >= 0.6 is 36.2 Å². The number of hydrogen-bond donors (Lipinski definition) is 5. The maximum Gasteiger partial charge on any atom is 0.332 e. The Kier molecular flexibility index (Phi) is 15.7. The van der Waals surface area contributed by atoms with Crippen molar-refractivity contribution >= 4 is 59.7 Å². The van der Waals surface area contributed by atoms with Crippen molar-refractivity contribution in [3.05, 3.63) is 16.1 Å². The molecule has 0 aromatic carbocycles. The Labute approximate surface area is 258 Å². The minimum Gasteiger partial charge on any atom is -0.480 e. The van der Waals surface area contributed by atoms with Crippen LogP contribution in [-0.2, 0) is 25.7 Å². The van der Waals surface area contributed by atoms with Crippen molar-refractivity contribution in [3.8, 4) is 0 Å². The predicted octanol–water partition coefficient (Wildman–Crippen LogP) is 3.23. The molecule has 14 heteroatoms. The summed E-state index contributed by atoms with van der Waals surface area (Å²) in [5, 5.41) is 19.9. The van der Waals surface area contributed by atoms with Gasteiger partial charge in [0.15, 0.2) is 11.3 Å². The van der Waals surface area contributed by atoms with E-state index in [1.165, 1.54) is 11.3 Å². The standard InChI is InChI=1S/C22H36N2O5.C5H8N4S.2ClH/c1-15(23)20(26)22(21(27)28)18(16-8-4-2-5-9-16)12-13-24(22)14-19(25)29-17-10-6-3-7-11-17;6-1-4-9-3(2-10-4)5(7)8;;/h15-18H,2-14,23H2,1H3,(H,27,28);2H,1,6H2,(H3,7,8);2*1H/t15-,18?,22+;;;/m0.../s1. The second-order valence-electron chi connectivity index (χ2n) is 10.9.